The van der Waals surface area contributed by atoms with Gasteiger partial charge in [-0.15, -0.1) is 0 Å². The number of ether oxygens (including phenoxy) is 6. The lowest BCUT2D eigenvalue weighted by Crippen LogP contribution is -2.55. The minimum absolute atomic E-state index is 0.0331. The number of allylic oxidation sites excluding steroid dienone is 4. The number of hydrogen-bond donors (Lipinski definition) is 1. The van der Waals surface area contributed by atoms with Gasteiger partial charge >= 0.3 is 23.9 Å². The summed E-state index contributed by atoms with van der Waals surface area (Å²) in [6.07, 6.45) is 0.395. The second kappa shape index (κ2) is 16.4. The number of amides is 1. The smallest absolute Gasteiger partial charge is 0.308 e. The number of methoxy groups -OCH3 is 1. The Bertz CT molecular complexity index is 1910. The van der Waals surface area contributed by atoms with E-state index in [1.165, 1.54) is 14.0 Å². The first kappa shape index (κ1) is 42.5. The monoisotopic (exact) mass is 779 g/mol. The molecular formula is C42H53NO13. The van der Waals surface area contributed by atoms with Gasteiger partial charge in [-0.3, -0.25) is 33.6 Å². The van der Waals surface area contributed by atoms with Crippen molar-refractivity contribution in [2.45, 2.75) is 119 Å². The highest BCUT2D eigenvalue weighted by Crippen LogP contribution is 2.61. The molecule has 0 aromatic heterocycles. The van der Waals surface area contributed by atoms with Crippen molar-refractivity contribution in [3.8, 4) is 17.2 Å². The predicted octanol–water partition coefficient (Wildman–Crippen LogP) is 5.66. The van der Waals surface area contributed by atoms with Crippen LogP contribution in [-0.2, 0) is 47.8 Å². The van der Waals surface area contributed by atoms with Crippen LogP contribution in [0.5, 0.6) is 17.2 Å². The summed E-state index contributed by atoms with van der Waals surface area (Å²) in [4.78, 5) is 95.6. The third-order valence-corrected chi connectivity index (χ3v) is 11.5. The lowest BCUT2D eigenvalue weighted by molar-refractivity contribution is -0.173. The summed E-state index contributed by atoms with van der Waals surface area (Å²) in [5.74, 6) is -8.69. The maximum Gasteiger partial charge on any atom is 0.308 e. The van der Waals surface area contributed by atoms with Gasteiger partial charge in [-0.05, 0) is 51.9 Å². The van der Waals surface area contributed by atoms with Crippen molar-refractivity contribution in [1.82, 2.24) is 5.32 Å². The Balaban J connectivity index is 1.88. The summed E-state index contributed by atoms with van der Waals surface area (Å²) < 4.78 is 34.8. The molecule has 0 saturated carbocycles. The van der Waals surface area contributed by atoms with Gasteiger partial charge < -0.3 is 33.7 Å². The van der Waals surface area contributed by atoms with Crippen molar-refractivity contribution >= 4 is 41.4 Å². The fraction of sp³-hybridized carbons (Fsp3) is 0.595. The normalized spacial score (nSPS) is 30.2. The lowest BCUT2D eigenvalue weighted by Gasteiger charge is -2.46. The van der Waals surface area contributed by atoms with Gasteiger partial charge in [-0.25, -0.2) is 0 Å². The molecule has 14 heteroatoms. The maximum absolute atomic E-state index is 16.1. The van der Waals surface area contributed by atoms with E-state index < -0.39 is 95.2 Å². The summed E-state index contributed by atoms with van der Waals surface area (Å²) >= 11 is 0. The molecule has 1 N–H and O–H groups in total. The van der Waals surface area contributed by atoms with Crippen molar-refractivity contribution in [2.24, 2.45) is 35.0 Å². The van der Waals surface area contributed by atoms with E-state index in [1.807, 2.05) is 46.8 Å². The Hall–Kier alpha value is -4.69. The van der Waals surface area contributed by atoms with E-state index in [2.05, 4.69) is 5.32 Å². The number of carbonyl (C=O) groups excluding carboxylic acids is 7. The number of ketones is 2. The van der Waals surface area contributed by atoms with Gasteiger partial charge in [0.2, 0.25) is 11.7 Å². The molecule has 9 atom stereocenters. The van der Waals surface area contributed by atoms with Crippen LogP contribution in [0.1, 0.15) is 117 Å². The van der Waals surface area contributed by atoms with Crippen LogP contribution in [0.3, 0.4) is 0 Å². The number of benzene rings is 1. The molecule has 1 fully saturated rings. The molecule has 1 saturated heterocycles. The first-order valence-electron chi connectivity index (χ1n) is 19.1. The highest BCUT2D eigenvalue weighted by molar-refractivity contribution is 6.11. The molecule has 5 rings (SSSR count). The molecule has 14 nitrogen and oxygen atoms in total. The summed E-state index contributed by atoms with van der Waals surface area (Å²) in [6, 6.07) is -0.388. The van der Waals surface area contributed by atoms with Crippen LogP contribution < -0.4 is 19.5 Å². The molecule has 0 radical (unpaired) electrons. The highest BCUT2D eigenvalue weighted by atomic mass is 16.7. The lowest BCUT2D eigenvalue weighted by atomic mass is 9.53. The third-order valence-electron chi connectivity index (χ3n) is 11.5. The molecule has 1 aromatic carbocycles. The van der Waals surface area contributed by atoms with Crippen molar-refractivity contribution in [3.05, 3.63) is 40.0 Å². The Labute approximate surface area is 327 Å². The molecule has 1 aromatic rings. The zero-order valence-electron chi connectivity index (χ0n) is 34.0. The van der Waals surface area contributed by atoms with Gasteiger partial charge in [0.15, 0.2) is 35.5 Å². The third kappa shape index (κ3) is 7.69. The van der Waals surface area contributed by atoms with Crippen molar-refractivity contribution < 1.29 is 62.0 Å². The van der Waals surface area contributed by atoms with Crippen molar-refractivity contribution in [2.75, 3.05) is 7.11 Å². The molecule has 1 amide bonds. The van der Waals surface area contributed by atoms with Gasteiger partial charge in [0, 0.05) is 75.8 Å². The standard InChI is InChI=1S/C42H53NO13/c1-18(2)14-29-34-21(5)20(4)16-27-15-19(3)12-13-31(52-23(7)44)30(48)17-28(39(49)42(27,34)41(50)43-29)36-33-32(40(51-11)56-36)22(6)35(53-24(8)45)38(55-26(10)47)37(33)54-25(9)46/h15-16,18,21,27-29,31,34,36,40H,12-14,17H2,1-11H3,(H,43,50)/t21-,27+,28+,29+,31-,34+,36-,40+,42+/m1/s1. The van der Waals surface area contributed by atoms with Gasteiger partial charge in [-0.1, -0.05) is 44.1 Å². The average molecular weight is 780 g/mol. The first-order chi connectivity index (χ1) is 26.2. The number of nitrogens with one attached hydrogen (secondary N) is 1. The fourth-order valence-corrected chi connectivity index (χ4v) is 9.29. The molecule has 304 valence electrons. The molecule has 2 aliphatic carbocycles. The van der Waals surface area contributed by atoms with E-state index in [9.17, 15) is 28.8 Å². The molecule has 1 spiro atoms. The summed E-state index contributed by atoms with van der Waals surface area (Å²) in [5.41, 5.74) is 0.532. The van der Waals surface area contributed by atoms with E-state index in [-0.39, 0.29) is 52.5 Å². The van der Waals surface area contributed by atoms with Crippen molar-refractivity contribution in [1.29, 1.82) is 0 Å². The first-order valence-corrected chi connectivity index (χ1v) is 19.1. The molecule has 0 unspecified atom stereocenters. The molecule has 4 aliphatic rings. The average Bonchev–Trinajstić information content (AvgIpc) is 3.61. The van der Waals surface area contributed by atoms with Crippen LogP contribution >= 0.6 is 0 Å². The molecular weight excluding hydrogens is 726 g/mol. The van der Waals surface area contributed by atoms with E-state index in [1.54, 1.807) is 6.92 Å². The minimum atomic E-state index is -1.73. The number of esters is 4. The minimum Gasteiger partial charge on any atom is -0.455 e. The second-order valence-electron chi connectivity index (χ2n) is 16.0. The van der Waals surface area contributed by atoms with Crippen LogP contribution in [0.25, 0.3) is 0 Å². The Morgan fingerprint density at radius 2 is 1.48 bits per heavy atom. The fourth-order valence-electron chi connectivity index (χ4n) is 9.29. The Kier molecular flexibility index (Phi) is 12.4. The van der Waals surface area contributed by atoms with Gasteiger partial charge in [0.1, 0.15) is 11.5 Å². The Morgan fingerprint density at radius 3 is 2.05 bits per heavy atom. The van der Waals surface area contributed by atoms with E-state index in [0.717, 1.165) is 31.9 Å². The molecule has 2 heterocycles. The van der Waals surface area contributed by atoms with E-state index >= 15 is 4.79 Å². The van der Waals surface area contributed by atoms with Crippen LogP contribution in [0.15, 0.2) is 23.3 Å². The van der Waals surface area contributed by atoms with Gasteiger partial charge in [-0.2, -0.15) is 0 Å². The maximum atomic E-state index is 16.1. The van der Waals surface area contributed by atoms with Crippen LogP contribution in [0.2, 0.25) is 0 Å². The molecule has 0 bridgehead atoms. The second-order valence-corrected chi connectivity index (χ2v) is 16.0. The van der Waals surface area contributed by atoms with Crippen molar-refractivity contribution in [3.63, 3.8) is 0 Å². The topological polar surface area (TPSA) is 187 Å². The largest absolute Gasteiger partial charge is 0.455 e. The number of fused-ring (bicyclic) bond motifs is 1. The molecule has 56 heavy (non-hydrogen) atoms. The highest BCUT2D eigenvalue weighted by Gasteiger charge is 2.67. The number of rotatable bonds is 8. The quantitative estimate of drug-likeness (QED) is 0.148. The van der Waals surface area contributed by atoms with Gasteiger partial charge in [0.25, 0.3) is 0 Å². The summed E-state index contributed by atoms with van der Waals surface area (Å²) in [5, 5.41) is 3.20. The van der Waals surface area contributed by atoms with E-state index in [4.69, 9.17) is 28.4 Å². The zero-order valence-corrected chi connectivity index (χ0v) is 34.0. The predicted molar refractivity (Wildman–Crippen MR) is 199 cm³/mol. The number of Topliss-reactive ketones (excluding diaryl/α,β-unsaturated/α-hetero) is 2. The van der Waals surface area contributed by atoms with Crippen LogP contribution in [-0.4, -0.2) is 60.6 Å². The SMILES string of the molecule is CO[C@H]1O[C@H]([C@@H]2CC(=O)[C@H](OC(C)=O)CCC(C)=C[C@H]3C=C(C)[C@@H](C)[C@H]4[C@H](CC(C)C)NC(=O)[C@@]34C2=O)c2c(OC(C)=O)c(OC(C)=O)c(OC(C)=O)c(C)c21. The number of hydrogen-bond acceptors (Lipinski definition) is 13. The van der Waals surface area contributed by atoms with E-state index in [0.29, 0.717) is 12.8 Å². The summed E-state index contributed by atoms with van der Waals surface area (Å²) in [6.45, 7) is 16.0. The van der Waals surface area contributed by atoms with Crippen LogP contribution in [0.4, 0.5) is 0 Å². The summed E-state index contributed by atoms with van der Waals surface area (Å²) in [7, 11) is 1.34. The van der Waals surface area contributed by atoms with Gasteiger partial charge in [0.05, 0.1) is 5.92 Å². The number of carbonyl (C=O) groups is 7. The molecule has 2 aliphatic heterocycles. The Morgan fingerprint density at radius 1 is 0.875 bits per heavy atom. The zero-order chi connectivity index (χ0) is 41.5. The van der Waals surface area contributed by atoms with Crippen LogP contribution in [0, 0.1) is 41.9 Å².